The Morgan fingerprint density at radius 2 is 1.71 bits per heavy atom. The number of ether oxygens (including phenoxy) is 6. The lowest BCUT2D eigenvalue weighted by molar-refractivity contribution is -0.297. The van der Waals surface area contributed by atoms with Crippen molar-refractivity contribution in [2.24, 2.45) is 40.4 Å². The van der Waals surface area contributed by atoms with Crippen LogP contribution in [0.4, 0.5) is 0 Å². The molecule has 1 aliphatic heterocycles. The summed E-state index contributed by atoms with van der Waals surface area (Å²) in [6.45, 7) is 1.40. The lowest BCUT2D eigenvalue weighted by Crippen LogP contribution is -2.78. The van der Waals surface area contributed by atoms with E-state index in [1.807, 2.05) is 0 Å². The number of fused-ring (bicyclic) bond motifs is 2. The van der Waals surface area contributed by atoms with Crippen LogP contribution in [0.5, 0.6) is 5.75 Å². The predicted molar refractivity (Wildman–Crippen MR) is 150 cm³/mol. The molecule has 1 heterocycles. The van der Waals surface area contributed by atoms with Crippen LogP contribution in [0.2, 0.25) is 0 Å². The van der Waals surface area contributed by atoms with Gasteiger partial charge in [-0.15, -0.1) is 0 Å². The van der Waals surface area contributed by atoms with Gasteiger partial charge in [-0.2, -0.15) is 0 Å². The maximum absolute atomic E-state index is 13.6. The van der Waals surface area contributed by atoms with Crippen LogP contribution < -0.4 is 4.74 Å². The topological polar surface area (TPSA) is 116 Å². The second-order valence-corrected chi connectivity index (χ2v) is 13.8. The van der Waals surface area contributed by atoms with E-state index < -0.39 is 41.7 Å². The monoisotopic (exact) mass is 587 g/mol. The van der Waals surface area contributed by atoms with E-state index in [1.54, 1.807) is 59.8 Å². The van der Waals surface area contributed by atoms with Gasteiger partial charge in [0.2, 0.25) is 0 Å². The average Bonchev–Trinajstić information content (AvgIpc) is 3.44. The standard InChI is InChI=1S/C32H45NO9/c1-33-14-30(15-37-2)12-11-20(39-4)31-19-13-18-23(42-29(35)16-7-9-17(38-3)10-8-16)21(19)32(36,28(34)24(18)40-5)22(27(31)33)25(41-6)26(30)31/h7-10,18-28,34,36H,11-15H2,1-6H3/t18?,19-,20+,21-,22-,23+,24?,25+,26-,27?,28+,30+,31+,32-/m1/s1. The van der Waals surface area contributed by atoms with Crippen molar-refractivity contribution in [3.63, 3.8) is 0 Å². The van der Waals surface area contributed by atoms with Crippen molar-refractivity contribution in [3.8, 4) is 5.75 Å². The number of piperidine rings is 1. The molecule has 7 bridgehead atoms. The van der Waals surface area contributed by atoms with Crippen LogP contribution in [-0.2, 0) is 23.7 Å². The van der Waals surface area contributed by atoms with Gasteiger partial charge in [-0.1, -0.05) is 0 Å². The summed E-state index contributed by atoms with van der Waals surface area (Å²) in [7, 11) is 10.6. The minimum atomic E-state index is -1.60. The van der Waals surface area contributed by atoms with E-state index >= 15 is 0 Å². The highest BCUT2D eigenvalue weighted by atomic mass is 16.6. The summed E-state index contributed by atoms with van der Waals surface area (Å²) < 4.78 is 36.3. The Kier molecular flexibility index (Phi) is 6.79. The maximum Gasteiger partial charge on any atom is 0.338 e. The smallest absolute Gasteiger partial charge is 0.338 e. The molecule has 5 saturated carbocycles. The molecule has 1 saturated heterocycles. The number of aliphatic hydroxyl groups excluding tert-OH is 1. The molecule has 0 aromatic heterocycles. The van der Waals surface area contributed by atoms with Crippen LogP contribution in [0.25, 0.3) is 0 Å². The lowest BCUT2D eigenvalue weighted by atomic mass is 9.43. The molecule has 3 unspecified atom stereocenters. The SMILES string of the molecule is COC[C@@]12CC[C@H](OC)[C@]34C([C@@H]([C@H](OC)[C@H]13)[C@]1(O)[C@@H]3[C@H]4CC(C(OC)[C@@H]1O)[C@@H]3OC(=O)c1ccc(OC)cc1)N(C)C2. The molecule has 6 fully saturated rings. The first-order valence-electron chi connectivity index (χ1n) is 15.2. The van der Waals surface area contributed by atoms with E-state index in [4.69, 9.17) is 28.4 Å². The number of benzene rings is 1. The van der Waals surface area contributed by atoms with Crippen molar-refractivity contribution >= 4 is 5.97 Å². The van der Waals surface area contributed by atoms with Crippen molar-refractivity contribution in [2.45, 2.75) is 61.4 Å². The number of hydrogen-bond donors (Lipinski definition) is 2. The Balaban J connectivity index is 1.39. The fourth-order valence-electron chi connectivity index (χ4n) is 12.0. The molecule has 1 aromatic carbocycles. The molecule has 232 valence electrons. The number of nitrogens with zero attached hydrogens (tertiary/aromatic N) is 1. The normalized spacial score (nSPS) is 50.0. The molecule has 10 nitrogen and oxygen atoms in total. The molecule has 0 radical (unpaired) electrons. The zero-order valence-electron chi connectivity index (χ0n) is 25.4. The number of hydrogen-bond acceptors (Lipinski definition) is 10. The zero-order chi connectivity index (χ0) is 29.8. The van der Waals surface area contributed by atoms with E-state index in [0.717, 1.165) is 19.4 Å². The van der Waals surface area contributed by atoms with Crippen molar-refractivity contribution in [3.05, 3.63) is 29.8 Å². The Hall–Kier alpha value is -1.79. The number of carbonyl (C=O) groups is 1. The number of methoxy groups -OCH3 is 5. The highest BCUT2D eigenvalue weighted by molar-refractivity contribution is 5.89. The van der Waals surface area contributed by atoms with Crippen molar-refractivity contribution < 1.29 is 43.4 Å². The minimum Gasteiger partial charge on any atom is -0.497 e. The second-order valence-electron chi connectivity index (χ2n) is 13.8. The molecule has 2 N–H and O–H groups in total. The molecular weight excluding hydrogens is 542 g/mol. The van der Waals surface area contributed by atoms with Gasteiger partial charge in [-0.25, -0.2) is 4.79 Å². The molecule has 10 heteroatoms. The van der Waals surface area contributed by atoms with Crippen molar-refractivity contribution in [1.82, 2.24) is 4.90 Å². The average molecular weight is 588 g/mol. The first kappa shape index (κ1) is 29.0. The molecule has 42 heavy (non-hydrogen) atoms. The van der Waals surface area contributed by atoms with Gasteiger partial charge in [0, 0.05) is 75.5 Å². The molecule has 0 amide bonds. The molecule has 1 aromatic rings. The van der Waals surface area contributed by atoms with Gasteiger partial charge in [-0.3, -0.25) is 0 Å². The Morgan fingerprint density at radius 1 is 1.00 bits per heavy atom. The lowest BCUT2D eigenvalue weighted by Gasteiger charge is -2.69. The first-order chi connectivity index (χ1) is 20.2. The van der Waals surface area contributed by atoms with E-state index in [9.17, 15) is 15.0 Å². The van der Waals surface area contributed by atoms with Crippen molar-refractivity contribution in [1.29, 1.82) is 0 Å². The molecule has 7 rings (SSSR count). The third-order valence-electron chi connectivity index (χ3n) is 12.7. The third-order valence-corrected chi connectivity index (χ3v) is 12.7. The van der Waals surface area contributed by atoms with E-state index in [1.165, 1.54) is 0 Å². The Morgan fingerprint density at radius 3 is 2.33 bits per heavy atom. The summed E-state index contributed by atoms with van der Waals surface area (Å²) in [5.74, 6) is -1.08. The Bertz CT molecular complexity index is 1210. The zero-order valence-corrected chi connectivity index (χ0v) is 25.4. The maximum atomic E-state index is 13.6. The molecular formula is C32H45NO9. The van der Waals surface area contributed by atoms with Crippen molar-refractivity contribution in [2.75, 3.05) is 55.7 Å². The molecule has 6 aliphatic rings. The summed E-state index contributed by atoms with van der Waals surface area (Å²) in [4.78, 5) is 16.0. The highest BCUT2D eigenvalue weighted by Gasteiger charge is 2.88. The number of carbonyl (C=O) groups excluding carboxylic acids is 1. The van der Waals surface area contributed by atoms with Crippen LogP contribution >= 0.6 is 0 Å². The number of esters is 1. The summed E-state index contributed by atoms with van der Waals surface area (Å²) >= 11 is 0. The third kappa shape index (κ3) is 3.27. The Labute approximate surface area is 247 Å². The van der Waals surface area contributed by atoms with Gasteiger partial charge in [0.1, 0.15) is 23.6 Å². The molecule has 5 aliphatic carbocycles. The summed E-state index contributed by atoms with van der Waals surface area (Å²) in [5.41, 5.74) is -1.78. The molecule has 1 spiro atoms. The van der Waals surface area contributed by atoms with Crippen LogP contribution in [-0.4, -0.2) is 119 Å². The second kappa shape index (κ2) is 9.86. The van der Waals surface area contributed by atoms with Crippen LogP contribution in [0.1, 0.15) is 29.6 Å². The largest absolute Gasteiger partial charge is 0.497 e. The van der Waals surface area contributed by atoms with Gasteiger partial charge >= 0.3 is 5.97 Å². The van der Waals surface area contributed by atoms with E-state index in [2.05, 4.69) is 11.9 Å². The quantitative estimate of drug-likeness (QED) is 0.435. The molecule has 14 atom stereocenters. The van der Waals surface area contributed by atoms with Gasteiger partial charge in [0.05, 0.1) is 37.6 Å². The van der Waals surface area contributed by atoms with E-state index in [0.29, 0.717) is 24.3 Å². The van der Waals surface area contributed by atoms with Gasteiger partial charge in [0.25, 0.3) is 0 Å². The number of likely N-dealkylation sites (tertiary alicyclic amines) is 1. The fourth-order valence-corrected chi connectivity index (χ4v) is 12.0. The predicted octanol–water partition coefficient (Wildman–Crippen LogP) is 1.61. The van der Waals surface area contributed by atoms with Crippen LogP contribution in [0.3, 0.4) is 0 Å². The summed E-state index contributed by atoms with van der Waals surface area (Å²) in [6.07, 6.45) is -0.465. The summed E-state index contributed by atoms with van der Waals surface area (Å²) in [5, 5.41) is 25.2. The van der Waals surface area contributed by atoms with Gasteiger partial charge in [-0.05, 0) is 56.5 Å². The first-order valence-corrected chi connectivity index (χ1v) is 15.2. The summed E-state index contributed by atoms with van der Waals surface area (Å²) in [6, 6.07) is 6.75. The van der Waals surface area contributed by atoms with Gasteiger partial charge < -0.3 is 43.5 Å². The minimum absolute atomic E-state index is 0.0457. The number of rotatable bonds is 8. The van der Waals surface area contributed by atoms with Crippen LogP contribution in [0.15, 0.2) is 24.3 Å². The number of aliphatic hydroxyl groups is 2. The highest BCUT2D eigenvalue weighted by Crippen LogP contribution is 2.79. The van der Waals surface area contributed by atoms with E-state index in [-0.39, 0.29) is 46.8 Å². The van der Waals surface area contributed by atoms with Crippen LogP contribution in [0, 0.1) is 40.4 Å². The van der Waals surface area contributed by atoms with Gasteiger partial charge in [0.15, 0.2) is 0 Å². The fraction of sp³-hybridized carbons (Fsp3) is 0.781.